The van der Waals surface area contributed by atoms with E-state index in [-0.39, 0.29) is 12.5 Å². The first-order valence-corrected chi connectivity index (χ1v) is 22.1. The highest BCUT2D eigenvalue weighted by molar-refractivity contribution is 5.76. The number of carbonyl (C=O) groups is 1. The van der Waals surface area contributed by atoms with E-state index in [1.165, 1.54) is 116 Å². The SMILES string of the molecule is CC/C=C\C/C=C\C/C=C\C/C=C\C/C=C\C/C=C\CCCCCCCCCCCCCCC(=O)NC(CO)C(O)CCCCCCCCCCC. The lowest BCUT2D eigenvalue weighted by Gasteiger charge is -2.22. The van der Waals surface area contributed by atoms with Gasteiger partial charge < -0.3 is 15.5 Å². The number of carbonyl (C=O) groups excluding carboxylic acids is 1. The molecule has 1 amide bonds. The summed E-state index contributed by atoms with van der Waals surface area (Å²) >= 11 is 0. The lowest BCUT2D eigenvalue weighted by atomic mass is 10.0. The van der Waals surface area contributed by atoms with E-state index in [0.29, 0.717) is 12.8 Å². The number of aliphatic hydroxyl groups is 2. The average Bonchev–Trinajstić information content (AvgIpc) is 3.15. The normalized spacial score (nSPS) is 13.7. The number of nitrogens with one attached hydrogen (secondary N) is 1. The van der Waals surface area contributed by atoms with E-state index in [1.807, 2.05) is 0 Å². The predicted octanol–water partition coefficient (Wildman–Crippen LogP) is 13.9. The van der Waals surface area contributed by atoms with E-state index in [0.717, 1.165) is 64.2 Å². The molecule has 2 atom stereocenters. The van der Waals surface area contributed by atoms with Crippen molar-refractivity contribution in [3.63, 3.8) is 0 Å². The Hall–Kier alpha value is -2.17. The van der Waals surface area contributed by atoms with Crippen LogP contribution in [0.5, 0.6) is 0 Å². The van der Waals surface area contributed by atoms with E-state index in [2.05, 4.69) is 92.1 Å². The zero-order valence-electron chi connectivity index (χ0n) is 34.3. The van der Waals surface area contributed by atoms with Crippen molar-refractivity contribution in [2.45, 2.75) is 219 Å². The van der Waals surface area contributed by atoms with Gasteiger partial charge in [-0.1, -0.05) is 209 Å². The Kier molecular flexibility index (Phi) is 41.4. The van der Waals surface area contributed by atoms with E-state index < -0.39 is 12.1 Å². The summed E-state index contributed by atoms with van der Waals surface area (Å²) in [5.74, 6) is -0.0393. The number of rotatable bonds is 39. The van der Waals surface area contributed by atoms with Crippen LogP contribution in [0.2, 0.25) is 0 Å². The highest BCUT2D eigenvalue weighted by atomic mass is 16.3. The second-order valence-corrected chi connectivity index (χ2v) is 14.7. The smallest absolute Gasteiger partial charge is 0.220 e. The Bertz CT molecular complexity index is 915. The zero-order valence-corrected chi connectivity index (χ0v) is 34.3. The highest BCUT2D eigenvalue weighted by Gasteiger charge is 2.19. The quantitative estimate of drug-likeness (QED) is 0.0437. The largest absolute Gasteiger partial charge is 0.394 e. The molecular formula is C48H85NO3. The molecular weight excluding hydrogens is 639 g/mol. The van der Waals surface area contributed by atoms with Crippen LogP contribution >= 0.6 is 0 Å². The van der Waals surface area contributed by atoms with Gasteiger partial charge >= 0.3 is 0 Å². The van der Waals surface area contributed by atoms with Crippen molar-refractivity contribution in [3.05, 3.63) is 72.9 Å². The monoisotopic (exact) mass is 724 g/mol. The Morgan fingerprint density at radius 2 is 0.846 bits per heavy atom. The summed E-state index contributed by atoms with van der Waals surface area (Å²) in [6, 6.07) is -0.538. The molecule has 0 heterocycles. The lowest BCUT2D eigenvalue weighted by molar-refractivity contribution is -0.123. The standard InChI is InChI=1S/C48H85NO3/c1-3-5-7-9-11-13-14-15-16-17-18-19-20-21-22-23-24-25-26-27-28-29-30-31-32-33-34-36-38-40-42-44-48(52)49-46(45-50)47(51)43-41-39-37-35-12-10-8-6-4-2/h5,7,11,13,15-16,18-19,21-22,24-25,46-47,50-51H,3-4,6,8-10,12,14,17,20,23,26-45H2,1-2H3,(H,49,52)/b7-5-,13-11-,16-15-,19-18-,22-21-,25-24-. The fourth-order valence-electron chi connectivity index (χ4n) is 6.36. The van der Waals surface area contributed by atoms with Crippen LogP contribution in [0, 0.1) is 0 Å². The van der Waals surface area contributed by atoms with Gasteiger partial charge in [0.25, 0.3) is 0 Å². The minimum absolute atomic E-state index is 0.0393. The van der Waals surface area contributed by atoms with Crippen LogP contribution in [-0.2, 0) is 4.79 Å². The molecule has 0 aliphatic rings. The second kappa shape index (κ2) is 43.2. The first kappa shape index (κ1) is 49.8. The topological polar surface area (TPSA) is 69.6 Å². The van der Waals surface area contributed by atoms with E-state index in [4.69, 9.17) is 0 Å². The maximum atomic E-state index is 12.4. The summed E-state index contributed by atoms with van der Waals surface area (Å²) in [6.07, 6.45) is 61.3. The van der Waals surface area contributed by atoms with Gasteiger partial charge in [-0.15, -0.1) is 0 Å². The van der Waals surface area contributed by atoms with Crippen molar-refractivity contribution in [2.24, 2.45) is 0 Å². The van der Waals surface area contributed by atoms with Gasteiger partial charge in [-0.25, -0.2) is 0 Å². The van der Waals surface area contributed by atoms with Crippen molar-refractivity contribution in [3.8, 4) is 0 Å². The number of hydrogen-bond donors (Lipinski definition) is 3. The molecule has 52 heavy (non-hydrogen) atoms. The minimum Gasteiger partial charge on any atom is -0.394 e. The summed E-state index contributed by atoms with van der Waals surface area (Å²) in [4.78, 5) is 12.4. The van der Waals surface area contributed by atoms with Crippen molar-refractivity contribution in [1.82, 2.24) is 5.32 Å². The molecule has 0 fully saturated rings. The van der Waals surface area contributed by atoms with E-state index in [1.54, 1.807) is 0 Å². The summed E-state index contributed by atoms with van der Waals surface area (Å²) in [7, 11) is 0. The maximum Gasteiger partial charge on any atom is 0.220 e. The van der Waals surface area contributed by atoms with Gasteiger partial charge in [0.05, 0.1) is 18.8 Å². The molecule has 0 rings (SSSR count). The molecule has 3 N–H and O–H groups in total. The molecule has 0 aromatic heterocycles. The first-order valence-electron chi connectivity index (χ1n) is 22.1. The van der Waals surface area contributed by atoms with E-state index in [9.17, 15) is 15.0 Å². The molecule has 300 valence electrons. The highest BCUT2D eigenvalue weighted by Crippen LogP contribution is 2.15. The number of allylic oxidation sites excluding steroid dienone is 12. The zero-order chi connectivity index (χ0) is 37.8. The molecule has 0 aliphatic heterocycles. The average molecular weight is 724 g/mol. The number of unbranched alkanes of at least 4 members (excludes halogenated alkanes) is 20. The molecule has 0 aromatic rings. The minimum atomic E-state index is -0.660. The van der Waals surface area contributed by atoms with Crippen molar-refractivity contribution >= 4 is 5.91 Å². The third-order valence-corrected chi connectivity index (χ3v) is 9.73. The third kappa shape index (κ3) is 39.0. The van der Waals surface area contributed by atoms with Crippen LogP contribution in [0.15, 0.2) is 72.9 Å². The molecule has 0 bridgehead atoms. The Labute approximate surface area is 323 Å². The van der Waals surface area contributed by atoms with Crippen LogP contribution in [0.4, 0.5) is 0 Å². The van der Waals surface area contributed by atoms with Crippen LogP contribution in [-0.4, -0.2) is 34.9 Å². The van der Waals surface area contributed by atoms with Gasteiger partial charge in [0.1, 0.15) is 0 Å². The fraction of sp³-hybridized carbons (Fsp3) is 0.729. The Morgan fingerprint density at radius 3 is 1.27 bits per heavy atom. The molecule has 0 aromatic carbocycles. The van der Waals surface area contributed by atoms with Crippen molar-refractivity contribution < 1.29 is 15.0 Å². The lowest BCUT2D eigenvalue weighted by Crippen LogP contribution is -2.45. The van der Waals surface area contributed by atoms with Gasteiger partial charge in [-0.3, -0.25) is 4.79 Å². The van der Waals surface area contributed by atoms with Crippen LogP contribution in [0.3, 0.4) is 0 Å². The van der Waals surface area contributed by atoms with Crippen molar-refractivity contribution in [2.75, 3.05) is 6.61 Å². The number of aliphatic hydroxyl groups excluding tert-OH is 2. The first-order chi connectivity index (χ1) is 25.7. The van der Waals surface area contributed by atoms with Gasteiger partial charge in [-0.05, 0) is 64.2 Å². The molecule has 4 nitrogen and oxygen atoms in total. The van der Waals surface area contributed by atoms with Gasteiger partial charge in [0, 0.05) is 6.42 Å². The van der Waals surface area contributed by atoms with E-state index >= 15 is 0 Å². The molecule has 0 spiro atoms. The van der Waals surface area contributed by atoms with Crippen molar-refractivity contribution in [1.29, 1.82) is 0 Å². The molecule has 0 saturated carbocycles. The Morgan fingerprint density at radius 1 is 0.481 bits per heavy atom. The summed E-state index contributed by atoms with van der Waals surface area (Å²) < 4.78 is 0. The summed E-state index contributed by atoms with van der Waals surface area (Å²) in [5.41, 5.74) is 0. The predicted molar refractivity (Wildman–Crippen MR) is 230 cm³/mol. The molecule has 0 aliphatic carbocycles. The Balaban J connectivity index is 3.52. The maximum absolute atomic E-state index is 12.4. The second-order valence-electron chi connectivity index (χ2n) is 14.7. The van der Waals surface area contributed by atoms with Gasteiger partial charge in [0.2, 0.25) is 5.91 Å². The molecule has 4 heteroatoms. The van der Waals surface area contributed by atoms with Crippen LogP contribution in [0.25, 0.3) is 0 Å². The summed E-state index contributed by atoms with van der Waals surface area (Å²) in [6.45, 7) is 4.21. The number of hydrogen-bond acceptors (Lipinski definition) is 3. The van der Waals surface area contributed by atoms with Crippen LogP contribution < -0.4 is 5.32 Å². The fourth-order valence-corrected chi connectivity index (χ4v) is 6.36. The molecule has 0 radical (unpaired) electrons. The van der Waals surface area contributed by atoms with Crippen LogP contribution in [0.1, 0.15) is 206 Å². The van der Waals surface area contributed by atoms with Gasteiger partial charge in [0.15, 0.2) is 0 Å². The molecule has 2 unspecified atom stereocenters. The number of amides is 1. The third-order valence-electron chi connectivity index (χ3n) is 9.73. The summed E-state index contributed by atoms with van der Waals surface area (Å²) in [5, 5.41) is 23.0. The van der Waals surface area contributed by atoms with Gasteiger partial charge in [-0.2, -0.15) is 0 Å². The molecule has 0 saturated heterocycles.